The SMILES string of the molecule is CCCCN(C)S(=O)(=O)NC1CCCN(Cc2ccccc2)C1. The summed E-state index contributed by atoms with van der Waals surface area (Å²) in [6.45, 7) is 5.32. The zero-order valence-corrected chi connectivity index (χ0v) is 15.1. The number of hydrogen-bond acceptors (Lipinski definition) is 3. The van der Waals surface area contributed by atoms with E-state index in [-0.39, 0.29) is 6.04 Å². The van der Waals surface area contributed by atoms with Crippen LogP contribution in [0.4, 0.5) is 0 Å². The third-order valence-corrected chi connectivity index (χ3v) is 5.94. The quantitative estimate of drug-likeness (QED) is 0.790. The highest BCUT2D eigenvalue weighted by atomic mass is 32.2. The maximum absolute atomic E-state index is 12.4. The fraction of sp³-hybridized carbons (Fsp3) is 0.647. The van der Waals surface area contributed by atoms with Crippen LogP contribution in [0, 0.1) is 0 Å². The molecule has 1 saturated heterocycles. The molecule has 1 heterocycles. The summed E-state index contributed by atoms with van der Waals surface area (Å²) in [6, 6.07) is 10.3. The van der Waals surface area contributed by atoms with Crippen molar-refractivity contribution in [2.75, 3.05) is 26.7 Å². The second-order valence-electron chi connectivity index (χ2n) is 6.36. The Morgan fingerprint density at radius 1 is 1.30 bits per heavy atom. The van der Waals surface area contributed by atoms with Crippen LogP contribution in [-0.4, -0.2) is 50.3 Å². The second-order valence-corrected chi connectivity index (χ2v) is 8.17. The average molecular weight is 340 g/mol. The van der Waals surface area contributed by atoms with Crippen molar-refractivity contribution >= 4 is 10.2 Å². The summed E-state index contributed by atoms with van der Waals surface area (Å²) in [5.41, 5.74) is 1.27. The Labute approximate surface area is 140 Å². The molecule has 2 rings (SSSR count). The van der Waals surface area contributed by atoms with Gasteiger partial charge in [0.25, 0.3) is 10.2 Å². The first-order chi connectivity index (χ1) is 11.0. The normalized spacial score (nSPS) is 20.0. The molecule has 1 aromatic carbocycles. The topological polar surface area (TPSA) is 52.7 Å². The largest absolute Gasteiger partial charge is 0.298 e. The zero-order chi connectivity index (χ0) is 16.7. The predicted octanol–water partition coefficient (Wildman–Crippen LogP) is 2.22. The Morgan fingerprint density at radius 2 is 2.04 bits per heavy atom. The van der Waals surface area contributed by atoms with Crippen LogP contribution in [0.2, 0.25) is 0 Å². The van der Waals surface area contributed by atoms with Crippen LogP contribution < -0.4 is 4.72 Å². The lowest BCUT2D eigenvalue weighted by Gasteiger charge is -2.33. The van der Waals surface area contributed by atoms with Gasteiger partial charge in [0.2, 0.25) is 0 Å². The van der Waals surface area contributed by atoms with Crippen molar-refractivity contribution in [3.63, 3.8) is 0 Å². The van der Waals surface area contributed by atoms with Gasteiger partial charge in [0, 0.05) is 32.7 Å². The Bertz CT molecular complexity index is 562. The molecule has 0 amide bonds. The number of hydrogen-bond donors (Lipinski definition) is 1. The Kier molecular flexibility index (Phi) is 7.02. The molecule has 0 aromatic heterocycles. The molecule has 0 saturated carbocycles. The van der Waals surface area contributed by atoms with Crippen LogP contribution in [0.1, 0.15) is 38.2 Å². The lowest BCUT2D eigenvalue weighted by molar-refractivity contribution is 0.193. The average Bonchev–Trinajstić information content (AvgIpc) is 2.53. The molecule has 1 fully saturated rings. The van der Waals surface area contributed by atoms with E-state index in [2.05, 4.69) is 28.7 Å². The van der Waals surface area contributed by atoms with Crippen LogP contribution in [0.25, 0.3) is 0 Å². The minimum Gasteiger partial charge on any atom is -0.298 e. The summed E-state index contributed by atoms with van der Waals surface area (Å²) >= 11 is 0. The standard InChI is InChI=1S/C17H29N3O2S/c1-3-4-12-19(2)23(21,22)18-17-11-8-13-20(15-17)14-16-9-6-5-7-10-16/h5-7,9-10,17-18H,3-4,8,11-15H2,1-2H3. The van der Waals surface area contributed by atoms with Gasteiger partial charge in [0.05, 0.1) is 0 Å². The molecule has 1 aliphatic heterocycles. The van der Waals surface area contributed by atoms with Crippen molar-refractivity contribution in [2.45, 2.75) is 45.2 Å². The molecule has 1 aromatic rings. The van der Waals surface area contributed by atoms with Gasteiger partial charge in [-0.15, -0.1) is 0 Å². The molecular formula is C17H29N3O2S. The first-order valence-electron chi connectivity index (χ1n) is 8.51. The van der Waals surface area contributed by atoms with E-state index in [1.807, 2.05) is 18.2 Å². The summed E-state index contributed by atoms with van der Waals surface area (Å²) < 4.78 is 29.0. The van der Waals surface area contributed by atoms with Crippen LogP contribution in [0.5, 0.6) is 0 Å². The molecule has 23 heavy (non-hydrogen) atoms. The lowest BCUT2D eigenvalue weighted by Crippen LogP contribution is -2.50. The Balaban J connectivity index is 1.88. The molecule has 1 unspecified atom stereocenters. The third kappa shape index (κ3) is 5.88. The monoisotopic (exact) mass is 339 g/mol. The van der Waals surface area contributed by atoms with Crippen molar-refractivity contribution in [1.82, 2.24) is 13.9 Å². The van der Waals surface area contributed by atoms with E-state index in [0.717, 1.165) is 45.3 Å². The minimum atomic E-state index is -3.37. The highest BCUT2D eigenvalue weighted by Crippen LogP contribution is 2.15. The predicted molar refractivity (Wildman–Crippen MR) is 94.3 cm³/mol. The van der Waals surface area contributed by atoms with Gasteiger partial charge in [-0.2, -0.15) is 17.4 Å². The summed E-state index contributed by atoms with van der Waals surface area (Å²) in [6.07, 6.45) is 3.82. The maximum Gasteiger partial charge on any atom is 0.279 e. The number of nitrogens with one attached hydrogen (secondary N) is 1. The van der Waals surface area contributed by atoms with Crippen LogP contribution in [0.15, 0.2) is 30.3 Å². The van der Waals surface area contributed by atoms with Crippen LogP contribution in [-0.2, 0) is 16.8 Å². The zero-order valence-electron chi connectivity index (χ0n) is 14.2. The van der Waals surface area contributed by atoms with E-state index >= 15 is 0 Å². The Hall–Kier alpha value is -0.950. The van der Waals surface area contributed by atoms with Crippen molar-refractivity contribution < 1.29 is 8.42 Å². The molecule has 1 atom stereocenters. The minimum absolute atomic E-state index is 0.00142. The summed E-state index contributed by atoms with van der Waals surface area (Å²) in [4.78, 5) is 2.33. The molecule has 1 N–H and O–H groups in total. The van der Waals surface area contributed by atoms with Crippen molar-refractivity contribution in [3.05, 3.63) is 35.9 Å². The lowest BCUT2D eigenvalue weighted by atomic mass is 10.1. The molecular weight excluding hydrogens is 310 g/mol. The van der Waals surface area contributed by atoms with E-state index in [1.165, 1.54) is 9.87 Å². The van der Waals surface area contributed by atoms with Crippen molar-refractivity contribution in [3.8, 4) is 0 Å². The molecule has 130 valence electrons. The molecule has 0 spiro atoms. The van der Waals surface area contributed by atoms with Gasteiger partial charge < -0.3 is 0 Å². The van der Waals surface area contributed by atoms with Crippen molar-refractivity contribution in [1.29, 1.82) is 0 Å². The molecule has 0 bridgehead atoms. The fourth-order valence-corrected chi connectivity index (χ4v) is 4.10. The van der Waals surface area contributed by atoms with Gasteiger partial charge in [-0.1, -0.05) is 43.7 Å². The van der Waals surface area contributed by atoms with Crippen LogP contribution in [0.3, 0.4) is 0 Å². The number of benzene rings is 1. The number of unbranched alkanes of at least 4 members (excludes halogenated alkanes) is 1. The van der Waals surface area contributed by atoms with Crippen molar-refractivity contribution in [2.24, 2.45) is 0 Å². The van der Waals surface area contributed by atoms with E-state index in [1.54, 1.807) is 7.05 Å². The molecule has 1 aliphatic rings. The smallest absolute Gasteiger partial charge is 0.279 e. The molecule has 5 nitrogen and oxygen atoms in total. The fourth-order valence-electron chi connectivity index (χ4n) is 2.94. The number of piperidine rings is 1. The van der Waals surface area contributed by atoms with Crippen LogP contribution >= 0.6 is 0 Å². The molecule has 0 radical (unpaired) electrons. The van der Waals surface area contributed by atoms with Gasteiger partial charge in [0.15, 0.2) is 0 Å². The van der Waals surface area contributed by atoms with Gasteiger partial charge in [-0.05, 0) is 31.4 Å². The summed E-state index contributed by atoms with van der Waals surface area (Å²) in [5.74, 6) is 0. The van der Waals surface area contributed by atoms with Gasteiger partial charge in [-0.25, -0.2) is 0 Å². The summed E-state index contributed by atoms with van der Waals surface area (Å²) in [7, 11) is -1.72. The second kappa shape index (κ2) is 8.78. The number of nitrogens with zero attached hydrogens (tertiary/aromatic N) is 2. The maximum atomic E-state index is 12.4. The number of likely N-dealkylation sites (tertiary alicyclic amines) is 1. The van der Waals surface area contributed by atoms with E-state index < -0.39 is 10.2 Å². The summed E-state index contributed by atoms with van der Waals surface area (Å²) in [5, 5.41) is 0. The first kappa shape index (κ1) is 18.4. The highest BCUT2D eigenvalue weighted by molar-refractivity contribution is 7.87. The molecule has 0 aliphatic carbocycles. The van der Waals surface area contributed by atoms with Gasteiger partial charge >= 0.3 is 0 Å². The van der Waals surface area contributed by atoms with Gasteiger partial charge in [0.1, 0.15) is 0 Å². The third-order valence-electron chi connectivity index (χ3n) is 4.31. The van der Waals surface area contributed by atoms with E-state index in [4.69, 9.17) is 0 Å². The van der Waals surface area contributed by atoms with E-state index in [0.29, 0.717) is 6.54 Å². The Morgan fingerprint density at radius 3 is 2.74 bits per heavy atom. The first-order valence-corrected chi connectivity index (χ1v) is 9.95. The van der Waals surface area contributed by atoms with E-state index in [9.17, 15) is 8.42 Å². The number of rotatable bonds is 8. The highest BCUT2D eigenvalue weighted by Gasteiger charge is 2.26. The van der Waals surface area contributed by atoms with Gasteiger partial charge in [-0.3, -0.25) is 4.90 Å². The molecule has 6 heteroatoms.